The lowest BCUT2D eigenvalue weighted by molar-refractivity contribution is -0.239. The Hall–Kier alpha value is -0.200. The van der Waals surface area contributed by atoms with Crippen molar-refractivity contribution in [2.24, 2.45) is 0 Å². The number of aliphatic hydroxyl groups is 4. The van der Waals surface area contributed by atoms with Crippen LogP contribution in [-0.2, 0) is 4.74 Å². The Balaban J connectivity index is 0.000000671. The zero-order valence-electron chi connectivity index (χ0n) is 7.92. The van der Waals surface area contributed by atoms with Gasteiger partial charge in [-0.3, -0.25) is 0 Å². The predicted molar refractivity (Wildman–Crippen MR) is 45.9 cm³/mol. The van der Waals surface area contributed by atoms with Crippen LogP contribution in [0, 0.1) is 0 Å². The molecule has 0 aliphatic carbocycles. The van der Waals surface area contributed by atoms with Gasteiger partial charge in [0.05, 0.1) is 12.7 Å². The Bertz CT molecular complexity index is 130. The molecular weight excluding hydrogens is 176 g/mol. The summed E-state index contributed by atoms with van der Waals surface area (Å²) in [5.41, 5.74) is 0. The second-order valence-electron chi connectivity index (χ2n) is 2.61. The summed E-state index contributed by atoms with van der Waals surface area (Å²) in [6.45, 7) is 3.59. The van der Waals surface area contributed by atoms with Gasteiger partial charge in [0.2, 0.25) is 0 Å². The Morgan fingerprint density at radius 3 is 2.23 bits per heavy atom. The molecule has 1 rings (SSSR count). The first-order valence-corrected chi connectivity index (χ1v) is 4.45. The molecule has 4 atom stereocenters. The molecule has 80 valence electrons. The highest BCUT2D eigenvalue weighted by Gasteiger charge is 2.35. The maximum absolute atomic E-state index is 9.11. The van der Waals surface area contributed by atoms with Crippen LogP contribution in [0.3, 0.4) is 0 Å². The van der Waals surface area contributed by atoms with Crippen molar-refractivity contribution < 1.29 is 25.2 Å². The Labute approximate surface area is 77.6 Å². The molecule has 1 fully saturated rings. The highest BCUT2D eigenvalue weighted by atomic mass is 16.6. The Morgan fingerprint density at radius 1 is 1.23 bits per heavy atom. The third-order valence-corrected chi connectivity index (χ3v) is 1.73. The molecule has 0 aromatic carbocycles. The number of ether oxygens (including phenoxy) is 1. The standard InChI is InChI=1S/C6H12O5.C2H6/c7-2-4-6(10)3(8)1-5(9)11-4;1-2/h3-10H,1-2H2;1-2H3/t3-,4-,5?,6?;/m1./s1. The van der Waals surface area contributed by atoms with Crippen molar-refractivity contribution >= 4 is 0 Å². The van der Waals surface area contributed by atoms with E-state index in [9.17, 15) is 0 Å². The summed E-state index contributed by atoms with van der Waals surface area (Å²) >= 11 is 0. The van der Waals surface area contributed by atoms with Crippen molar-refractivity contribution in [3.63, 3.8) is 0 Å². The molecule has 0 saturated carbocycles. The van der Waals surface area contributed by atoms with Crippen molar-refractivity contribution in [3.05, 3.63) is 0 Å². The number of aliphatic hydroxyl groups excluding tert-OH is 4. The molecule has 2 unspecified atom stereocenters. The van der Waals surface area contributed by atoms with E-state index in [1.807, 2.05) is 13.8 Å². The fraction of sp³-hybridized carbons (Fsp3) is 1.00. The lowest BCUT2D eigenvalue weighted by Gasteiger charge is -2.33. The normalized spacial score (nSPS) is 39.2. The minimum Gasteiger partial charge on any atom is -0.394 e. The number of hydrogen-bond donors (Lipinski definition) is 4. The minimum atomic E-state index is -1.11. The van der Waals surface area contributed by atoms with E-state index in [4.69, 9.17) is 25.2 Å². The summed E-state index contributed by atoms with van der Waals surface area (Å²) in [4.78, 5) is 0. The molecule has 0 aromatic rings. The molecule has 13 heavy (non-hydrogen) atoms. The van der Waals surface area contributed by atoms with E-state index in [2.05, 4.69) is 0 Å². The largest absolute Gasteiger partial charge is 0.394 e. The summed E-state index contributed by atoms with van der Waals surface area (Å²) in [5, 5.41) is 35.6. The molecule has 0 radical (unpaired) electrons. The van der Waals surface area contributed by atoms with Gasteiger partial charge in [0.1, 0.15) is 12.2 Å². The molecule has 0 aromatic heterocycles. The maximum atomic E-state index is 9.11. The van der Waals surface area contributed by atoms with Crippen molar-refractivity contribution in [1.29, 1.82) is 0 Å². The van der Waals surface area contributed by atoms with E-state index >= 15 is 0 Å². The second-order valence-corrected chi connectivity index (χ2v) is 2.61. The van der Waals surface area contributed by atoms with Gasteiger partial charge >= 0.3 is 0 Å². The molecule has 5 nitrogen and oxygen atoms in total. The third kappa shape index (κ3) is 3.58. The molecule has 5 heteroatoms. The smallest absolute Gasteiger partial charge is 0.157 e. The van der Waals surface area contributed by atoms with Gasteiger partial charge in [-0.1, -0.05) is 13.8 Å². The summed E-state index contributed by atoms with van der Waals surface area (Å²) in [7, 11) is 0. The maximum Gasteiger partial charge on any atom is 0.157 e. The summed E-state index contributed by atoms with van der Waals surface area (Å²) in [6, 6.07) is 0. The molecule has 1 heterocycles. The van der Waals surface area contributed by atoms with Gasteiger partial charge in [0, 0.05) is 6.42 Å². The van der Waals surface area contributed by atoms with Crippen LogP contribution in [0.5, 0.6) is 0 Å². The molecule has 1 aliphatic heterocycles. The number of hydrogen-bond acceptors (Lipinski definition) is 5. The van der Waals surface area contributed by atoms with Crippen molar-refractivity contribution in [2.75, 3.05) is 6.61 Å². The summed E-state index contributed by atoms with van der Waals surface area (Å²) in [5.74, 6) is 0. The zero-order chi connectivity index (χ0) is 10.4. The lowest BCUT2D eigenvalue weighted by Crippen LogP contribution is -2.49. The van der Waals surface area contributed by atoms with E-state index in [1.165, 1.54) is 0 Å². The molecule has 0 spiro atoms. The van der Waals surface area contributed by atoms with Gasteiger partial charge in [0.25, 0.3) is 0 Å². The summed E-state index contributed by atoms with van der Waals surface area (Å²) in [6.07, 6.45) is -4.11. The van der Waals surface area contributed by atoms with Crippen molar-refractivity contribution in [2.45, 2.75) is 44.9 Å². The van der Waals surface area contributed by atoms with Crippen molar-refractivity contribution in [1.82, 2.24) is 0 Å². The van der Waals surface area contributed by atoms with E-state index in [0.717, 1.165) is 0 Å². The first kappa shape index (κ1) is 12.8. The molecule has 0 bridgehead atoms. The van der Waals surface area contributed by atoms with E-state index < -0.39 is 31.2 Å². The first-order chi connectivity index (χ1) is 6.15. The number of rotatable bonds is 1. The van der Waals surface area contributed by atoms with Crippen LogP contribution in [0.4, 0.5) is 0 Å². The fourth-order valence-corrected chi connectivity index (χ4v) is 1.08. The van der Waals surface area contributed by atoms with Crippen LogP contribution < -0.4 is 0 Å². The van der Waals surface area contributed by atoms with Crippen molar-refractivity contribution in [3.8, 4) is 0 Å². The first-order valence-electron chi connectivity index (χ1n) is 4.45. The average Bonchev–Trinajstić information content (AvgIpc) is 2.14. The average molecular weight is 194 g/mol. The predicted octanol–water partition coefficient (Wildman–Crippen LogP) is -1.17. The van der Waals surface area contributed by atoms with Crippen LogP contribution in [0.1, 0.15) is 20.3 Å². The van der Waals surface area contributed by atoms with Crippen LogP contribution in [0.25, 0.3) is 0 Å². The van der Waals surface area contributed by atoms with E-state index in [-0.39, 0.29) is 6.42 Å². The van der Waals surface area contributed by atoms with Gasteiger partial charge in [-0.2, -0.15) is 0 Å². The van der Waals surface area contributed by atoms with Gasteiger partial charge in [0.15, 0.2) is 6.29 Å². The van der Waals surface area contributed by atoms with Crippen LogP contribution >= 0.6 is 0 Å². The third-order valence-electron chi connectivity index (χ3n) is 1.73. The second kappa shape index (κ2) is 6.28. The highest BCUT2D eigenvalue weighted by Crippen LogP contribution is 2.18. The van der Waals surface area contributed by atoms with Gasteiger partial charge in [-0.15, -0.1) is 0 Å². The van der Waals surface area contributed by atoms with Gasteiger partial charge in [-0.25, -0.2) is 0 Å². The minimum absolute atomic E-state index is 0.0162. The highest BCUT2D eigenvalue weighted by molar-refractivity contribution is 4.81. The molecular formula is C8H18O5. The van der Waals surface area contributed by atoms with Gasteiger partial charge in [-0.05, 0) is 0 Å². The quantitative estimate of drug-likeness (QED) is 0.422. The lowest BCUT2D eigenvalue weighted by atomic mass is 10.0. The van der Waals surface area contributed by atoms with Gasteiger partial charge < -0.3 is 25.2 Å². The zero-order valence-corrected chi connectivity index (χ0v) is 7.92. The van der Waals surface area contributed by atoms with Crippen LogP contribution in [0.2, 0.25) is 0 Å². The Kier molecular flexibility index (Phi) is 6.19. The topological polar surface area (TPSA) is 90.2 Å². The Morgan fingerprint density at radius 2 is 1.77 bits per heavy atom. The van der Waals surface area contributed by atoms with Crippen LogP contribution in [-0.4, -0.2) is 51.6 Å². The fourth-order valence-electron chi connectivity index (χ4n) is 1.08. The SMILES string of the molecule is CC.OC[C@H]1OC(O)C[C@@H](O)C1O. The molecule has 1 aliphatic rings. The van der Waals surface area contributed by atoms with E-state index in [1.54, 1.807) is 0 Å². The molecule has 4 N–H and O–H groups in total. The monoisotopic (exact) mass is 194 g/mol. The molecule has 0 amide bonds. The van der Waals surface area contributed by atoms with Crippen LogP contribution in [0.15, 0.2) is 0 Å². The summed E-state index contributed by atoms with van der Waals surface area (Å²) < 4.78 is 4.71. The molecule has 1 saturated heterocycles. The van der Waals surface area contributed by atoms with E-state index in [0.29, 0.717) is 0 Å².